The summed E-state index contributed by atoms with van der Waals surface area (Å²) in [6.45, 7) is 6.30. The highest BCUT2D eigenvalue weighted by Gasteiger charge is 2.14. The quantitative estimate of drug-likeness (QED) is 0.861. The van der Waals surface area contributed by atoms with E-state index in [9.17, 15) is 8.42 Å². The molecule has 0 heterocycles. The molecule has 106 valence electrons. The fraction of sp³-hybridized carbons (Fsp3) is 0.200. The average molecular weight is 291 g/mol. The maximum atomic E-state index is 11.6. The van der Waals surface area contributed by atoms with E-state index in [-0.39, 0.29) is 4.90 Å². The van der Waals surface area contributed by atoms with Gasteiger partial charge in [-0.15, -0.1) is 0 Å². The maximum Gasteiger partial charge on any atom is 0.238 e. The first-order chi connectivity index (χ1) is 9.43. The largest absolute Gasteiger partial charge is 0.489 e. The number of primary sulfonamides is 1. The molecule has 2 aromatic carbocycles. The summed E-state index contributed by atoms with van der Waals surface area (Å²) in [5.74, 6) is 0.627. The van der Waals surface area contributed by atoms with E-state index in [1.807, 2.05) is 19.1 Å². The standard InChI is InChI=1S/C15H17NO3S/c1-3-11(2)10-19-14-8-9-15(20(16,17)18)13-7-5-4-6-12(13)14/h4-9H,2-3,10H2,1H3,(H2,16,17,18). The molecular formula is C15H17NO3S. The Morgan fingerprint density at radius 3 is 2.45 bits per heavy atom. The van der Waals surface area contributed by atoms with Gasteiger partial charge in [-0.2, -0.15) is 0 Å². The van der Waals surface area contributed by atoms with Crippen LogP contribution in [-0.2, 0) is 10.0 Å². The van der Waals surface area contributed by atoms with Crippen LogP contribution in [-0.4, -0.2) is 15.0 Å². The average Bonchev–Trinajstić information content (AvgIpc) is 2.43. The second kappa shape index (κ2) is 5.64. The van der Waals surface area contributed by atoms with Crippen LogP contribution in [0.15, 0.2) is 53.4 Å². The van der Waals surface area contributed by atoms with E-state index in [1.54, 1.807) is 18.2 Å². The van der Waals surface area contributed by atoms with Crippen molar-refractivity contribution in [3.63, 3.8) is 0 Å². The van der Waals surface area contributed by atoms with Crippen LogP contribution in [0.25, 0.3) is 10.8 Å². The van der Waals surface area contributed by atoms with Gasteiger partial charge in [-0.3, -0.25) is 0 Å². The second-order valence-corrected chi connectivity index (χ2v) is 6.07. The van der Waals surface area contributed by atoms with Crippen molar-refractivity contribution in [2.24, 2.45) is 5.14 Å². The molecule has 0 radical (unpaired) electrons. The molecule has 0 saturated carbocycles. The third kappa shape index (κ3) is 3.00. The number of fused-ring (bicyclic) bond motifs is 1. The zero-order chi connectivity index (χ0) is 14.8. The number of hydrogen-bond donors (Lipinski definition) is 1. The number of sulfonamides is 1. The van der Waals surface area contributed by atoms with Crippen molar-refractivity contribution < 1.29 is 13.2 Å². The van der Waals surface area contributed by atoms with Gasteiger partial charge in [0.05, 0.1) is 4.90 Å². The first kappa shape index (κ1) is 14.6. The van der Waals surface area contributed by atoms with Crippen molar-refractivity contribution in [2.75, 3.05) is 6.61 Å². The molecule has 0 aliphatic heterocycles. The molecule has 2 N–H and O–H groups in total. The lowest BCUT2D eigenvalue weighted by atomic mass is 10.1. The summed E-state index contributed by atoms with van der Waals surface area (Å²) >= 11 is 0. The number of ether oxygens (including phenoxy) is 1. The highest BCUT2D eigenvalue weighted by atomic mass is 32.2. The normalized spacial score (nSPS) is 11.5. The Bertz CT molecular complexity index is 751. The molecule has 0 aliphatic carbocycles. The topological polar surface area (TPSA) is 69.4 Å². The Labute approximate surface area is 118 Å². The van der Waals surface area contributed by atoms with Gasteiger partial charge >= 0.3 is 0 Å². The van der Waals surface area contributed by atoms with Gasteiger partial charge in [0.15, 0.2) is 0 Å². The number of hydrogen-bond acceptors (Lipinski definition) is 3. The molecule has 2 rings (SSSR count). The van der Waals surface area contributed by atoms with Crippen LogP contribution in [0, 0.1) is 0 Å². The molecule has 0 amide bonds. The molecule has 2 aromatic rings. The van der Waals surface area contributed by atoms with Crippen molar-refractivity contribution in [3.8, 4) is 5.75 Å². The molecule has 0 bridgehead atoms. The molecule has 0 spiro atoms. The molecule has 0 atom stereocenters. The van der Waals surface area contributed by atoms with Gasteiger partial charge in [-0.05, 0) is 24.1 Å². The molecular weight excluding hydrogens is 274 g/mol. The van der Waals surface area contributed by atoms with Crippen molar-refractivity contribution >= 4 is 20.8 Å². The first-order valence-electron chi connectivity index (χ1n) is 6.27. The molecule has 0 aromatic heterocycles. The summed E-state index contributed by atoms with van der Waals surface area (Å²) < 4.78 is 28.9. The SMILES string of the molecule is C=C(CC)COc1ccc(S(N)(=O)=O)c2ccccc12. The Balaban J connectivity index is 2.52. The fourth-order valence-electron chi connectivity index (χ4n) is 1.90. The minimum absolute atomic E-state index is 0.106. The van der Waals surface area contributed by atoms with Crippen molar-refractivity contribution in [1.82, 2.24) is 0 Å². The van der Waals surface area contributed by atoms with Gasteiger partial charge < -0.3 is 4.74 Å². The van der Waals surface area contributed by atoms with Gasteiger partial charge in [0.2, 0.25) is 10.0 Å². The molecule has 0 aliphatic rings. The number of rotatable bonds is 5. The highest BCUT2D eigenvalue weighted by molar-refractivity contribution is 7.89. The molecule has 4 nitrogen and oxygen atoms in total. The summed E-state index contributed by atoms with van der Waals surface area (Å²) in [6.07, 6.45) is 0.840. The van der Waals surface area contributed by atoms with E-state index in [1.165, 1.54) is 6.07 Å². The minimum Gasteiger partial charge on any atom is -0.489 e. The van der Waals surface area contributed by atoms with Crippen LogP contribution in [0.2, 0.25) is 0 Å². The highest BCUT2D eigenvalue weighted by Crippen LogP contribution is 2.30. The van der Waals surface area contributed by atoms with Crippen LogP contribution in [0.3, 0.4) is 0 Å². The van der Waals surface area contributed by atoms with E-state index >= 15 is 0 Å². The van der Waals surface area contributed by atoms with Gasteiger partial charge in [0.1, 0.15) is 12.4 Å². The first-order valence-corrected chi connectivity index (χ1v) is 7.82. The van der Waals surface area contributed by atoms with Gasteiger partial charge in [0.25, 0.3) is 0 Å². The predicted molar refractivity (Wildman–Crippen MR) is 80.2 cm³/mol. The lowest BCUT2D eigenvalue weighted by Gasteiger charge is -2.12. The Morgan fingerprint density at radius 2 is 1.85 bits per heavy atom. The third-order valence-corrected chi connectivity index (χ3v) is 4.05. The second-order valence-electron chi connectivity index (χ2n) is 4.54. The fourth-order valence-corrected chi connectivity index (χ4v) is 2.64. The lowest BCUT2D eigenvalue weighted by molar-refractivity contribution is 0.353. The van der Waals surface area contributed by atoms with E-state index in [0.29, 0.717) is 17.7 Å². The van der Waals surface area contributed by atoms with E-state index in [4.69, 9.17) is 9.88 Å². The van der Waals surface area contributed by atoms with E-state index in [2.05, 4.69) is 6.58 Å². The number of benzene rings is 2. The zero-order valence-electron chi connectivity index (χ0n) is 11.3. The third-order valence-electron chi connectivity index (χ3n) is 3.08. The number of nitrogens with two attached hydrogens (primary N) is 1. The van der Waals surface area contributed by atoms with Crippen LogP contribution in [0.1, 0.15) is 13.3 Å². The summed E-state index contributed by atoms with van der Waals surface area (Å²) in [4.78, 5) is 0.106. The summed E-state index contributed by atoms with van der Waals surface area (Å²) in [5, 5.41) is 6.52. The molecule has 20 heavy (non-hydrogen) atoms. The zero-order valence-corrected chi connectivity index (χ0v) is 12.1. The summed E-state index contributed by atoms with van der Waals surface area (Å²) in [6, 6.07) is 10.2. The van der Waals surface area contributed by atoms with Crippen molar-refractivity contribution in [3.05, 3.63) is 48.6 Å². The molecule has 5 heteroatoms. The van der Waals surface area contributed by atoms with Crippen LogP contribution < -0.4 is 9.88 Å². The minimum atomic E-state index is -3.76. The molecule has 0 saturated heterocycles. The molecule has 0 fully saturated rings. The Kier molecular flexibility index (Phi) is 4.11. The van der Waals surface area contributed by atoms with Gasteiger partial charge in [0, 0.05) is 10.8 Å². The van der Waals surface area contributed by atoms with Crippen molar-refractivity contribution in [2.45, 2.75) is 18.2 Å². The Morgan fingerprint density at radius 1 is 1.20 bits per heavy atom. The van der Waals surface area contributed by atoms with E-state index < -0.39 is 10.0 Å². The lowest BCUT2D eigenvalue weighted by Crippen LogP contribution is -2.12. The maximum absolute atomic E-state index is 11.6. The smallest absolute Gasteiger partial charge is 0.238 e. The van der Waals surface area contributed by atoms with Crippen LogP contribution >= 0.6 is 0 Å². The monoisotopic (exact) mass is 291 g/mol. The van der Waals surface area contributed by atoms with Gasteiger partial charge in [-0.1, -0.05) is 37.8 Å². The summed E-state index contributed by atoms with van der Waals surface area (Å²) in [5.41, 5.74) is 0.976. The van der Waals surface area contributed by atoms with E-state index in [0.717, 1.165) is 17.4 Å². The molecule has 0 unspecified atom stereocenters. The van der Waals surface area contributed by atoms with Crippen LogP contribution in [0.5, 0.6) is 5.75 Å². The predicted octanol–water partition coefficient (Wildman–Crippen LogP) is 2.83. The van der Waals surface area contributed by atoms with Crippen molar-refractivity contribution in [1.29, 1.82) is 0 Å². The Hall–Kier alpha value is -1.85. The summed E-state index contributed by atoms with van der Waals surface area (Å²) in [7, 11) is -3.76. The van der Waals surface area contributed by atoms with Gasteiger partial charge in [-0.25, -0.2) is 13.6 Å². The van der Waals surface area contributed by atoms with Crippen LogP contribution in [0.4, 0.5) is 0 Å².